The number of ether oxygens (including phenoxy) is 2. The Hall–Kier alpha value is -2.77. The largest absolute Gasteiger partial charge is 0.490 e. The first-order chi connectivity index (χ1) is 18.7. The molecular weight excluding hydrogens is 505 g/mol. The minimum absolute atomic E-state index is 0.0423. The van der Waals surface area contributed by atoms with Gasteiger partial charge in [-0.05, 0) is 67.3 Å². The Morgan fingerprint density at radius 2 is 1.87 bits per heavy atom. The van der Waals surface area contributed by atoms with E-state index in [0.29, 0.717) is 25.4 Å². The number of carbonyl (C=O) groups excluding carboxylic acids is 1. The van der Waals surface area contributed by atoms with Crippen LogP contribution in [0.2, 0.25) is 0 Å². The zero-order valence-corrected chi connectivity index (χ0v) is 23.5. The molecule has 3 fully saturated rings. The van der Waals surface area contributed by atoms with Crippen molar-refractivity contribution in [3.8, 4) is 5.75 Å². The molecule has 5 nitrogen and oxygen atoms in total. The standard InChI is InChI=1S/C26H29F3N2O3.C3H6.C2H6/c1-16(24(32)33-2)10-17-5-6-18-7-8-21(34-22(18)11-17)19-12-25(13-19)14-31(15-25)23-20(26(27,28)29)4-3-9-30-23;1-2-3-1;1-2/h3-6,9,11,16,19,21H,7-8,10,12-15H2,1-2H3;1-3H2;1-2H3. The Morgan fingerprint density at radius 3 is 2.49 bits per heavy atom. The van der Waals surface area contributed by atoms with Crippen molar-refractivity contribution in [3.63, 3.8) is 0 Å². The third kappa shape index (κ3) is 6.87. The van der Waals surface area contributed by atoms with Crippen LogP contribution in [0.5, 0.6) is 5.75 Å². The molecular formula is C31H41F3N2O3. The topological polar surface area (TPSA) is 51.7 Å². The Morgan fingerprint density at radius 1 is 1.18 bits per heavy atom. The van der Waals surface area contributed by atoms with Gasteiger partial charge >= 0.3 is 12.1 Å². The monoisotopic (exact) mass is 546 g/mol. The maximum absolute atomic E-state index is 13.3. The van der Waals surface area contributed by atoms with Crippen LogP contribution in [0.4, 0.5) is 19.0 Å². The molecule has 2 saturated carbocycles. The molecule has 0 amide bonds. The van der Waals surface area contributed by atoms with E-state index in [4.69, 9.17) is 9.47 Å². The second kappa shape index (κ2) is 12.2. The van der Waals surface area contributed by atoms with E-state index in [9.17, 15) is 18.0 Å². The number of fused-ring (bicyclic) bond motifs is 1. The van der Waals surface area contributed by atoms with Crippen molar-refractivity contribution in [1.82, 2.24) is 4.98 Å². The number of benzene rings is 1. The van der Waals surface area contributed by atoms with E-state index in [0.717, 1.165) is 43.1 Å². The zero-order valence-electron chi connectivity index (χ0n) is 23.5. The molecule has 2 aliphatic carbocycles. The average molecular weight is 547 g/mol. The maximum Gasteiger partial charge on any atom is 0.419 e. The Bertz CT molecular complexity index is 1120. The van der Waals surface area contributed by atoms with Gasteiger partial charge in [0.05, 0.1) is 18.6 Å². The highest BCUT2D eigenvalue weighted by Crippen LogP contribution is 2.56. The fourth-order valence-corrected chi connectivity index (χ4v) is 5.89. The van der Waals surface area contributed by atoms with Crippen molar-refractivity contribution in [3.05, 3.63) is 53.2 Å². The number of hydrogen-bond donors (Lipinski definition) is 0. The summed E-state index contributed by atoms with van der Waals surface area (Å²) in [5.41, 5.74) is 1.65. The first kappa shape index (κ1) is 29.2. The molecule has 4 aliphatic rings. The molecule has 8 heteroatoms. The molecule has 2 unspecified atom stereocenters. The lowest BCUT2D eigenvalue weighted by Crippen LogP contribution is -2.64. The first-order valence-electron chi connectivity index (χ1n) is 14.3. The van der Waals surface area contributed by atoms with Crippen LogP contribution in [-0.4, -0.2) is 37.3 Å². The molecule has 2 aromatic rings. The molecule has 2 aliphatic heterocycles. The lowest BCUT2D eigenvalue weighted by molar-refractivity contribution is -0.144. The number of esters is 1. The molecule has 1 aromatic carbocycles. The van der Waals surface area contributed by atoms with Crippen molar-refractivity contribution < 1.29 is 27.4 Å². The fourth-order valence-electron chi connectivity index (χ4n) is 5.89. The molecule has 3 heterocycles. The molecule has 0 N–H and O–H groups in total. The number of halogens is 3. The van der Waals surface area contributed by atoms with Crippen LogP contribution in [0.25, 0.3) is 0 Å². The minimum atomic E-state index is -4.40. The van der Waals surface area contributed by atoms with E-state index < -0.39 is 11.7 Å². The molecule has 0 radical (unpaired) electrons. The van der Waals surface area contributed by atoms with E-state index in [-0.39, 0.29) is 29.2 Å². The van der Waals surface area contributed by atoms with Gasteiger partial charge in [-0.25, -0.2) is 4.98 Å². The van der Waals surface area contributed by atoms with Gasteiger partial charge in [0.25, 0.3) is 0 Å². The SMILES string of the molecule is C1CC1.CC.COC(=O)C(C)Cc1ccc2c(c1)OC(C1CC3(C1)CN(c1ncccc1C(F)(F)F)C3)CC2. The molecule has 1 spiro atoms. The fraction of sp³-hybridized carbons (Fsp3) is 0.613. The van der Waals surface area contributed by atoms with Gasteiger partial charge in [-0.2, -0.15) is 13.2 Å². The van der Waals surface area contributed by atoms with Gasteiger partial charge in [0.2, 0.25) is 0 Å². The number of hydrogen-bond acceptors (Lipinski definition) is 5. The number of nitrogens with zero attached hydrogens (tertiary/aromatic N) is 2. The Labute approximate surface area is 230 Å². The lowest BCUT2D eigenvalue weighted by atomic mass is 9.55. The van der Waals surface area contributed by atoms with Crippen LogP contribution in [0.15, 0.2) is 36.5 Å². The summed E-state index contributed by atoms with van der Waals surface area (Å²) in [4.78, 5) is 17.5. The summed E-state index contributed by atoms with van der Waals surface area (Å²) in [6, 6.07) is 8.61. The van der Waals surface area contributed by atoms with Crippen molar-refractivity contribution in [2.75, 3.05) is 25.1 Å². The van der Waals surface area contributed by atoms with Gasteiger partial charge in [-0.1, -0.05) is 52.2 Å². The van der Waals surface area contributed by atoms with Crippen LogP contribution >= 0.6 is 0 Å². The highest BCUT2D eigenvalue weighted by Gasteiger charge is 2.56. The van der Waals surface area contributed by atoms with Crippen LogP contribution in [0.3, 0.4) is 0 Å². The van der Waals surface area contributed by atoms with Gasteiger partial charge in [0.1, 0.15) is 17.7 Å². The summed E-state index contributed by atoms with van der Waals surface area (Å²) < 4.78 is 51.2. The van der Waals surface area contributed by atoms with E-state index >= 15 is 0 Å². The highest BCUT2D eigenvalue weighted by molar-refractivity contribution is 5.72. The number of aromatic nitrogens is 1. The number of rotatable bonds is 5. The van der Waals surface area contributed by atoms with Gasteiger partial charge in [-0.3, -0.25) is 4.79 Å². The predicted molar refractivity (Wildman–Crippen MR) is 146 cm³/mol. The molecule has 214 valence electrons. The number of methoxy groups -OCH3 is 1. The molecule has 1 aromatic heterocycles. The van der Waals surface area contributed by atoms with Gasteiger partial charge in [0.15, 0.2) is 0 Å². The zero-order chi connectivity index (χ0) is 28.2. The van der Waals surface area contributed by atoms with Crippen molar-refractivity contribution in [1.29, 1.82) is 0 Å². The number of carbonyl (C=O) groups is 1. The third-order valence-electron chi connectivity index (χ3n) is 7.97. The van der Waals surface area contributed by atoms with Crippen LogP contribution in [0, 0.1) is 17.3 Å². The van der Waals surface area contributed by atoms with Crippen molar-refractivity contribution in [2.24, 2.45) is 17.3 Å². The lowest BCUT2D eigenvalue weighted by Gasteiger charge is -2.61. The van der Waals surface area contributed by atoms with Crippen LogP contribution < -0.4 is 9.64 Å². The maximum atomic E-state index is 13.3. The number of anilines is 1. The second-order valence-corrected chi connectivity index (χ2v) is 11.2. The van der Waals surface area contributed by atoms with E-state index in [1.807, 2.05) is 26.8 Å². The van der Waals surface area contributed by atoms with Gasteiger partial charge in [0, 0.05) is 24.7 Å². The van der Waals surface area contributed by atoms with E-state index in [2.05, 4.69) is 17.1 Å². The van der Waals surface area contributed by atoms with E-state index in [1.54, 1.807) is 4.90 Å². The summed E-state index contributed by atoms with van der Waals surface area (Å²) in [5, 5.41) is 0. The molecule has 1 saturated heterocycles. The highest BCUT2D eigenvalue weighted by atomic mass is 19.4. The number of alkyl halides is 3. The summed E-state index contributed by atoms with van der Waals surface area (Å²) in [6.07, 6.45) is 6.09. The average Bonchev–Trinajstić information content (AvgIpc) is 3.77. The Kier molecular flexibility index (Phi) is 9.12. The summed E-state index contributed by atoms with van der Waals surface area (Å²) in [5.74, 6) is 0.913. The second-order valence-electron chi connectivity index (χ2n) is 11.2. The molecule has 39 heavy (non-hydrogen) atoms. The van der Waals surface area contributed by atoms with Gasteiger partial charge < -0.3 is 14.4 Å². The normalized spacial score (nSPS) is 21.4. The summed E-state index contributed by atoms with van der Waals surface area (Å²) >= 11 is 0. The predicted octanol–water partition coefficient (Wildman–Crippen LogP) is 7.26. The molecule has 2 atom stereocenters. The van der Waals surface area contributed by atoms with Crippen molar-refractivity contribution in [2.45, 2.75) is 84.4 Å². The summed E-state index contributed by atoms with van der Waals surface area (Å²) in [7, 11) is 1.40. The van der Waals surface area contributed by atoms with Crippen LogP contribution in [0.1, 0.15) is 76.0 Å². The van der Waals surface area contributed by atoms with Crippen LogP contribution in [-0.2, 0) is 28.5 Å². The number of aryl methyl sites for hydroxylation is 1. The minimum Gasteiger partial charge on any atom is -0.490 e. The number of pyridine rings is 1. The van der Waals surface area contributed by atoms with Crippen molar-refractivity contribution >= 4 is 11.8 Å². The molecule has 6 rings (SSSR count). The van der Waals surface area contributed by atoms with E-state index in [1.165, 1.54) is 44.2 Å². The smallest absolute Gasteiger partial charge is 0.419 e. The third-order valence-corrected chi connectivity index (χ3v) is 7.97. The van der Waals surface area contributed by atoms with Gasteiger partial charge in [-0.15, -0.1) is 0 Å². The summed E-state index contributed by atoms with van der Waals surface area (Å²) in [6.45, 7) is 7.08. The Balaban J connectivity index is 0.000000648. The first-order valence-corrected chi connectivity index (χ1v) is 14.3. The molecule has 0 bridgehead atoms. The quantitative estimate of drug-likeness (QED) is 0.370.